The van der Waals surface area contributed by atoms with Gasteiger partial charge in [-0.1, -0.05) is 26.7 Å². The first-order chi connectivity index (χ1) is 16.0. The topological polar surface area (TPSA) is 84.5 Å². The van der Waals surface area contributed by atoms with Crippen LogP contribution < -0.4 is 10.6 Å². The van der Waals surface area contributed by atoms with E-state index < -0.39 is 0 Å². The van der Waals surface area contributed by atoms with Gasteiger partial charge in [-0.25, -0.2) is 0 Å². The van der Waals surface area contributed by atoms with Gasteiger partial charge in [0.05, 0.1) is 31.2 Å². The van der Waals surface area contributed by atoms with Crippen LogP contribution in [0.3, 0.4) is 0 Å². The molecule has 0 radical (unpaired) electrons. The van der Waals surface area contributed by atoms with Crippen LogP contribution in [0.2, 0.25) is 0 Å². The summed E-state index contributed by atoms with van der Waals surface area (Å²) in [5, 5.41) is 5.37. The number of quaternary nitrogens is 1. The van der Waals surface area contributed by atoms with Crippen molar-refractivity contribution in [3.63, 3.8) is 0 Å². The van der Waals surface area contributed by atoms with E-state index in [4.69, 9.17) is 9.47 Å². The van der Waals surface area contributed by atoms with E-state index in [2.05, 4.69) is 29.4 Å². The number of rotatable bonds is 7. The summed E-state index contributed by atoms with van der Waals surface area (Å²) in [5.41, 5.74) is 0. The zero-order valence-corrected chi connectivity index (χ0v) is 20.5. The van der Waals surface area contributed by atoms with Crippen LogP contribution in [0.5, 0.6) is 0 Å². The van der Waals surface area contributed by atoms with Crippen molar-refractivity contribution in [3.05, 3.63) is 0 Å². The lowest BCUT2D eigenvalue weighted by Gasteiger charge is -2.50. The Bertz CT molecular complexity index is 712. The molecule has 7 heteroatoms. The summed E-state index contributed by atoms with van der Waals surface area (Å²) in [6.07, 6.45) is 8.86. The summed E-state index contributed by atoms with van der Waals surface area (Å²) in [4.78, 5) is 27.8. The van der Waals surface area contributed by atoms with Gasteiger partial charge in [0.15, 0.2) is 0 Å². The zero-order chi connectivity index (χ0) is 22.9. The molecule has 186 valence electrons. The van der Waals surface area contributed by atoms with Crippen LogP contribution in [0.1, 0.15) is 65.2 Å². The highest BCUT2D eigenvalue weighted by Crippen LogP contribution is 2.54. The Balaban J connectivity index is 1.12. The van der Waals surface area contributed by atoms with Crippen molar-refractivity contribution in [3.8, 4) is 0 Å². The van der Waals surface area contributed by atoms with Crippen LogP contribution >= 0.6 is 0 Å². The third-order valence-electron chi connectivity index (χ3n) is 9.62. The van der Waals surface area contributed by atoms with Crippen LogP contribution in [0, 0.1) is 35.5 Å². The van der Waals surface area contributed by atoms with Gasteiger partial charge in [-0.05, 0) is 49.9 Å². The molecule has 3 aliphatic heterocycles. The van der Waals surface area contributed by atoms with E-state index in [1.165, 1.54) is 32.2 Å². The molecule has 1 amide bonds. The fraction of sp³-hybridized carbons (Fsp3) is 0.923. The van der Waals surface area contributed by atoms with Crippen LogP contribution in [-0.4, -0.2) is 67.9 Å². The summed E-state index contributed by atoms with van der Waals surface area (Å²) in [7, 11) is 0. The van der Waals surface area contributed by atoms with E-state index in [9.17, 15) is 9.59 Å². The third-order valence-corrected chi connectivity index (χ3v) is 9.62. The lowest BCUT2D eigenvalue weighted by atomic mass is 9.60. The maximum absolute atomic E-state index is 13.0. The number of hydrogen-bond donors (Lipinski definition) is 2. The van der Waals surface area contributed by atoms with E-state index in [0.717, 1.165) is 32.6 Å². The molecule has 5 fully saturated rings. The minimum atomic E-state index is -0.162. The van der Waals surface area contributed by atoms with E-state index >= 15 is 0 Å². The minimum absolute atomic E-state index is 0.0261. The molecule has 9 atom stereocenters. The van der Waals surface area contributed by atoms with Crippen molar-refractivity contribution >= 4 is 11.9 Å². The third kappa shape index (κ3) is 4.83. The summed E-state index contributed by atoms with van der Waals surface area (Å²) in [6, 6.07) is 0. The molecule has 3 saturated heterocycles. The second kappa shape index (κ2) is 10.2. The predicted octanol–water partition coefficient (Wildman–Crippen LogP) is 1.52. The Morgan fingerprint density at radius 2 is 1.97 bits per heavy atom. The molecule has 5 rings (SSSR count). The molecule has 5 aliphatic rings. The summed E-state index contributed by atoms with van der Waals surface area (Å²) < 4.78 is 12.6. The number of nitrogens with one attached hydrogen (secondary N) is 1. The number of carbonyl (C=O) groups is 2. The smallest absolute Gasteiger partial charge is 0.309 e. The van der Waals surface area contributed by atoms with E-state index in [1.807, 2.05) is 0 Å². The van der Waals surface area contributed by atoms with Crippen LogP contribution in [0.25, 0.3) is 0 Å². The van der Waals surface area contributed by atoms with E-state index in [1.54, 1.807) is 0 Å². The number of esters is 1. The van der Waals surface area contributed by atoms with E-state index in [-0.39, 0.29) is 41.8 Å². The van der Waals surface area contributed by atoms with Crippen molar-refractivity contribution in [2.24, 2.45) is 35.5 Å². The minimum Gasteiger partial charge on any atom is -0.461 e. The molecule has 0 spiro atoms. The zero-order valence-electron chi connectivity index (χ0n) is 20.5. The highest BCUT2D eigenvalue weighted by atomic mass is 16.6. The van der Waals surface area contributed by atoms with Gasteiger partial charge in [0.2, 0.25) is 5.91 Å². The molecule has 3 N–H and O–H groups in total. The van der Waals surface area contributed by atoms with E-state index in [0.29, 0.717) is 43.2 Å². The van der Waals surface area contributed by atoms with Crippen LogP contribution in [0.4, 0.5) is 0 Å². The Kier molecular flexibility index (Phi) is 7.29. The number of ether oxygens (including phenoxy) is 2. The lowest BCUT2D eigenvalue weighted by molar-refractivity contribution is -0.642. The molecule has 0 bridgehead atoms. The van der Waals surface area contributed by atoms with Crippen LogP contribution in [0.15, 0.2) is 0 Å². The van der Waals surface area contributed by atoms with Gasteiger partial charge >= 0.3 is 5.97 Å². The Labute approximate surface area is 198 Å². The molecule has 2 aliphatic carbocycles. The highest BCUT2D eigenvalue weighted by molar-refractivity contribution is 5.78. The Morgan fingerprint density at radius 3 is 2.79 bits per heavy atom. The fourth-order valence-electron chi connectivity index (χ4n) is 7.75. The van der Waals surface area contributed by atoms with Crippen molar-refractivity contribution in [1.82, 2.24) is 10.2 Å². The van der Waals surface area contributed by atoms with Gasteiger partial charge in [-0.2, -0.15) is 0 Å². The number of amides is 1. The second-order valence-corrected chi connectivity index (χ2v) is 11.5. The maximum atomic E-state index is 13.0. The molecule has 2 saturated carbocycles. The molecule has 0 aromatic carbocycles. The number of fused-ring (bicyclic) bond motifs is 4. The first kappa shape index (κ1) is 23.6. The Hall–Kier alpha value is -1.18. The standard InChI is InChI=1S/C26H43N3O4/c1-16-18(8-9-23(30)28-10-5-12-29-13-11-27-15-29)26(31)33-24-17(2)25-21(14-20(16)24)19-6-3-4-7-22(19)32-25/h16-22,24-25,27H,3-15H2,1-2H3,(H,28,30)/p+1. The second-order valence-electron chi connectivity index (χ2n) is 11.5. The maximum Gasteiger partial charge on any atom is 0.309 e. The molecule has 7 nitrogen and oxygen atoms in total. The van der Waals surface area contributed by atoms with Crippen molar-refractivity contribution in [2.75, 3.05) is 32.8 Å². The first-order valence-corrected chi connectivity index (χ1v) is 13.7. The predicted molar refractivity (Wildman–Crippen MR) is 124 cm³/mol. The van der Waals surface area contributed by atoms with Crippen molar-refractivity contribution < 1.29 is 24.4 Å². The molecule has 9 unspecified atom stereocenters. The van der Waals surface area contributed by atoms with Crippen LogP contribution in [-0.2, 0) is 19.1 Å². The average molecular weight is 463 g/mol. The van der Waals surface area contributed by atoms with Crippen molar-refractivity contribution in [2.45, 2.75) is 83.5 Å². The molecule has 33 heavy (non-hydrogen) atoms. The van der Waals surface area contributed by atoms with Crippen molar-refractivity contribution in [1.29, 1.82) is 0 Å². The first-order valence-electron chi connectivity index (χ1n) is 13.7. The normalized spacial score (nSPS) is 42.8. The monoisotopic (exact) mass is 462 g/mol. The molecule has 0 aromatic rings. The average Bonchev–Trinajstić information content (AvgIpc) is 3.46. The SMILES string of the molecule is CC1C(CCC(=O)NCCCN2CC[NH2+]C2)C(=O)OC2C(C)C3OC4CCCCC4C3CC12. The quantitative estimate of drug-likeness (QED) is 0.443. The Morgan fingerprint density at radius 1 is 1.12 bits per heavy atom. The van der Waals surface area contributed by atoms with Gasteiger partial charge in [-0.15, -0.1) is 0 Å². The molecular weight excluding hydrogens is 418 g/mol. The summed E-state index contributed by atoms with van der Waals surface area (Å²) in [6.45, 7) is 9.62. The largest absolute Gasteiger partial charge is 0.461 e. The van der Waals surface area contributed by atoms with Gasteiger partial charge in [-0.3, -0.25) is 14.5 Å². The molecule has 0 aromatic heterocycles. The van der Waals surface area contributed by atoms with Gasteiger partial charge < -0.3 is 20.1 Å². The highest BCUT2D eigenvalue weighted by Gasteiger charge is 2.57. The summed E-state index contributed by atoms with van der Waals surface area (Å²) in [5.74, 6) is 2.05. The van der Waals surface area contributed by atoms with Gasteiger partial charge in [0.25, 0.3) is 0 Å². The summed E-state index contributed by atoms with van der Waals surface area (Å²) >= 11 is 0. The molecule has 3 heterocycles. The molecular formula is C26H44N3O4+. The van der Waals surface area contributed by atoms with Gasteiger partial charge in [0, 0.05) is 31.3 Å². The number of carbonyl (C=O) groups excluding carboxylic acids is 2. The number of hydrogen-bond acceptors (Lipinski definition) is 5. The fourth-order valence-corrected chi connectivity index (χ4v) is 7.75. The number of nitrogens with zero attached hydrogens (tertiary/aromatic N) is 1. The lowest BCUT2D eigenvalue weighted by Crippen LogP contribution is -2.82. The number of nitrogens with two attached hydrogens (primary N) is 1. The van der Waals surface area contributed by atoms with Gasteiger partial charge in [0.1, 0.15) is 12.8 Å².